The van der Waals surface area contributed by atoms with Crippen LogP contribution >= 0.6 is 0 Å². The Morgan fingerprint density at radius 3 is 1.07 bits per heavy atom. The maximum absolute atomic E-state index is 13.2. The minimum absolute atomic E-state index is 0.241. The van der Waals surface area contributed by atoms with Crippen LogP contribution in [0.15, 0.2) is 251 Å². The number of carboxylic acids is 3. The quantitative estimate of drug-likeness (QED) is 0.0230. The number of fused-ring (bicyclic) bond motifs is 1. The molecule has 0 fully saturated rings. The first-order valence-electron chi connectivity index (χ1n) is 32.4. The number of benzene rings is 10. The average Bonchev–Trinajstić information content (AvgIpc) is 0.810. The van der Waals surface area contributed by atoms with E-state index in [2.05, 4.69) is 14.2 Å². The van der Waals surface area contributed by atoms with Crippen molar-refractivity contribution in [1.29, 1.82) is 0 Å². The highest BCUT2D eigenvalue weighted by atomic mass is 32.2. The van der Waals surface area contributed by atoms with Crippen molar-refractivity contribution in [3.63, 3.8) is 0 Å². The summed E-state index contributed by atoms with van der Waals surface area (Å²) in [6, 6.07) is 65.8. The van der Waals surface area contributed by atoms with Crippen molar-refractivity contribution in [2.75, 3.05) is 14.2 Å². The first-order valence-corrected chi connectivity index (χ1v) is 36.8. The molecular formula is C78H78F3N3O12S3. The molecule has 99 heavy (non-hydrogen) atoms. The molecule has 15 nitrogen and oxygen atoms in total. The molecule has 0 aliphatic heterocycles. The van der Waals surface area contributed by atoms with Crippen LogP contribution in [0.25, 0.3) is 10.8 Å². The Labute approximate surface area is 576 Å². The predicted octanol–water partition coefficient (Wildman–Crippen LogP) is 17.9. The number of aryl methyl sites for hydroxylation is 7. The number of aromatic carboxylic acids is 3. The molecule has 0 amide bonds. The first-order chi connectivity index (χ1) is 47.4. The number of nitrogens with one attached hydrogen (secondary N) is 3. The number of sulfonamides is 3. The van der Waals surface area contributed by atoms with Crippen LogP contribution in [-0.2, 0) is 74.8 Å². The minimum atomic E-state index is -4.64. The van der Waals surface area contributed by atoms with Gasteiger partial charge in [-0.25, -0.2) is 39.6 Å². The largest absolute Gasteiger partial charge is 0.478 e. The number of carboxylic acid groups (broad SMARTS) is 3. The molecule has 0 aromatic heterocycles. The van der Waals surface area contributed by atoms with Crippen LogP contribution in [-0.4, -0.2) is 58.5 Å². The van der Waals surface area contributed by atoms with Crippen molar-refractivity contribution < 1.29 is 68.1 Å². The fraction of sp³-hybridized carbons (Fsp3) is 0.218. The topological polar surface area (TPSA) is 250 Å². The highest BCUT2D eigenvalue weighted by Gasteiger charge is 2.32. The van der Waals surface area contributed by atoms with Crippen molar-refractivity contribution >= 4 is 75.8 Å². The molecule has 0 aliphatic carbocycles. The fourth-order valence-electron chi connectivity index (χ4n) is 11.4. The van der Waals surface area contributed by atoms with Crippen molar-refractivity contribution in [1.82, 2.24) is 0 Å². The third-order valence-corrected chi connectivity index (χ3v) is 20.7. The molecule has 10 aromatic carbocycles. The number of anilines is 3. The van der Waals surface area contributed by atoms with E-state index >= 15 is 0 Å². The normalized spacial score (nSPS) is 11.5. The molecule has 0 radical (unpaired) electrons. The lowest BCUT2D eigenvalue weighted by molar-refractivity contribution is -0.137. The number of carbonyl (C=O) groups is 3. The number of rotatable bonds is 30. The molecule has 0 saturated carbocycles. The molecule has 6 N–H and O–H groups in total. The van der Waals surface area contributed by atoms with E-state index < -0.39 is 64.6 Å². The summed E-state index contributed by atoms with van der Waals surface area (Å²) in [5.74, 6) is -2.76. The molecule has 0 bridgehead atoms. The molecule has 10 aromatic rings. The van der Waals surface area contributed by atoms with Gasteiger partial charge in [0, 0.05) is 5.39 Å². The standard InChI is InChI=1S/C28H27NO4S.C25H24F3NO4S.C25H27NO4S/c30-28(31)25-18-8-5-13-22(25)11-2-1-3-14-23-15-6-9-19-26(23)29-34(32,33)27-20-10-16-21-12-4-7-17-24(21)27;26-25(27,28)20-13-8-14-21(17-20)34(32,33)29-23-16-7-5-12-19(23)11-3-1-2-9-18-10-4-6-15-22(18)24(30)31;1-19-15-17-22(18-16-19)31(29,30)26-24-14-8-6-12-21(24)11-4-2-3-9-20-10-5-7-13-23(20)25(27)28/h4-10,12-13,15-20,29H,1-3,11,14H2,(H,30,31);4-8,10,12-17,29H,1-3,9,11H2,(H,30,31);5-8,10,12-18,26H,2-4,9,11H2,1H3,(H,27,28). The van der Waals surface area contributed by atoms with E-state index in [0.29, 0.717) is 65.3 Å². The van der Waals surface area contributed by atoms with Crippen LogP contribution in [0.4, 0.5) is 30.2 Å². The number of unbranched alkanes of at least 4 members (excludes halogenated alkanes) is 6. The number of hydrogen-bond acceptors (Lipinski definition) is 9. The van der Waals surface area contributed by atoms with Crippen molar-refractivity contribution in [3.05, 3.63) is 298 Å². The van der Waals surface area contributed by atoms with Gasteiger partial charge in [0.1, 0.15) is 0 Å². The first kappa shape index (κ1) is 74.7. The van der Waals surface area contributed by atoms with Crippen LogP contribution in [0.1, 0.15) is 133 Å². The van der Waals surface area contributed by atoms with Crippen molar-refractivity contribution in [2.45, 2.75) is 124 Å². The third-order valence-electron chi connectivity index (χ3n) is 16.5. The number of hydrogen-bond donors (Lipinski definition) is 6. The molecule has 0 atom stereocenters. The Hall–Kier alpha value is -10.1. The molecule has 0 heterocycles. The monoisotopic (exact) mass is 1400 g/mol. The van der Waals surface area contributed by atoms with Gasteiger partial charge in [0.15, 0.2) is 0 Å². The lowest BCUT2D eigenvalue weighted by atomic mass is 9.99. The lowest BCUT2D eigenvalue weighted by Crippen LogP contribution is -2.15. The van der Waals surface area contributed by atoms with Crippen LogP contribution in [0, 0.1) is 6.92 Å². The maximum atomic E-state index is 13.2. The van der Waals surface area contributed by atoms with E-state index in [9.17, 15) is 68.1 Å². The summed E-state index contributed by atoms with van der Waals surface area (Å²) in [6.07, 6.45) is 7.07. The molecule has 0 aliphatic rings. The summed E-state index contributed by atoms with van der Waals surface area (Å²) in [5.41, 5.74) is 7.56. The summed E-state index contributed by atoms with van der Waals surface area (Å²) in [7, 11) is -11.6. The summed E-state index contributed by atoms with van der Waals surface area (Å²) in [4.78, 5) is 34.0. The smallest absolute Gasteiger partial charge is 0.416 e. The average molecular weight is 1400 g/mol. The Morgan fingerprint density at radius 1 is 0.343 bits per heavy atom. The Kier molecular flexibility index (Phi) is 26.7. The molecular weight excluding hydrogens is 1320 g/mol. The van der Waals surface area contributed by atoms with E-state index in [-0.39, 0.29) is 15.4 Å². The van der Waals surface area contributed by atoms with Gasteiger partial charge in [-0.05, 0) is 196 Å². The van der Waals surface area contributed by atoms with Crippen LogP contribution in [0.2, 0.25) is 0 Å². The molecule has 21 heteroatoms. The predicted molar refractivity (Wildman–Crippen MR) is 382 cm³/mol. The van der Waals surface area contributed by atoms with Crippen LogP contribution in [0.5, 0.6) is 0 Å². The fourth-order valence-corrected chi connectivity index (χ4v) is 15.0. The molecule has 0 unspecified atom stereocenters. The van der Waals surface area contributed by atoms with Crippen LogP contribution < -0.4 is 14.2 Å². The van der Waals surface area contributed by atoms with E-state index in [0.717, 1.165) is 133 Å². The second-order valence-electron chi connectivity index (χ2n) is 23.7. The van der Waals surface area contributed by atoms with Gasteiger partial charge >= 0.3 is 24.1 Å². The highest BCUT2D eigenvalue weighted by molar-refractivity contribution is 7.93. The minimum Gasteiger partial charge on any atom is -0.478 e. The van der Waals surface area contributed by atoms with Gasteiger partial charge in [0.25, 0.3) is 30.1 Å². The second-order valence-corrected chi connectivity index (χ2v) is 28.7. The summed E-state index contributed by atoms with van der Waals surface area (Å²) in [5, 5.41) is 29.4. The molecule has 0 saturated heterocycles. The highest BCUT2D eigenvalue weighted by Crippen LogP contribution is 2.33. The molecule has 0 spiro atoms. The Bertz CT molecular complexity index is 4760. The van der Waals surface area contributed by atoms with Gasteiger partial charge in [0.2, 0.25) is 0 Å². The van der Waals surface area contributed by atoms with Gasteiger partial charge in [-0.1, -0.05) is 189 Å². The summed E-state index contributed by atoms with van der Waals surface area (Å²) < 4.78 is 124. The number of alkyl halides is 3. The Balaban J connectivity index is 0.000000189. The van der Waals surface area contributed by atoms with Gasteiger partial charge in [0.05, 0.1) is 54.0 Å². The zero-order chi connectivity index (χ0) is 71.0. The van der Waals surface area contributed by atoms with Crippen LogP contribution in [0.3, 0.4) is 0 Å². The van der Waals surface area contributed by atoms with Gasteiger partial charge in [-0.15, -0.1) is 0 Å². The zero-order valence-electron chi connectivity index (χ0n) is 54.5. The van der Waals surface area contributed by atoms with Crippen molar-refractivity contribution in [2.24, 2.45) is 0 Å². The van der Waals surface area contributed by atoms with Gasteiger partial charge < -0.3 is 15.3 Å². The van der Waals surface area contributed by atoms with Gasteiger partial charge in [-0.3, -0.25) is 14.2 Å². The lowest BCUT2D eigenvalue weighted by Gasteiger charge is -2.14. The third kappa shape index (κ3) is 22.0. The summed E-state index contributed by atoms with van der Waals surface area (Å²) >= 11 is 0. The maximum Gasteiger partial charge on any atom is 0.416 e. The number of para-hydroxylation sites is 3. The van der Waals surface area contributed by atoms with Gasteiger partial charge in [-0.2, -0.15) is 13.2 Å². The number of halogens is 3. The SMILES string of the molecule is Cc1ccc(S(=O)(=O)Nc2ccccc2CCCCCc2ccccc2C(=O)O)cc1.O=C(O)c1ccccc1CCCCCc1ccccc1NS(=O)(=O)c1cccc(C(F)(F)F)c1.O=C(O)c1ccccc1CCCCCc1ccccc1NS(=O)(=O)c1cccc2ccccc12. The zero-order valence-corrected chi connectivity index (χ0v) is 56.9. The van der Waals surface area contributed by atoms with E-state index in [1.54, 1.807) is 121 Å². The summed E-state index contributed by atoms with van der Waals surface area (Å²) in [6.45, 7) is 1.92. The Morgan fingerprint density at radius 2 is 0.667 bits per heavy atom. The van der Waals surface area contributed by atoms with E-state index in [4.69, 9.17) is 0 Å². The van der Waals surface area contributed by atoms with E-state index in [1.807, 2.05) is 97.9 Å². The molecule has 10 rings (SSSR count). The second kappa shape index (κ2) is 35.4. The van der Waals surface area contributed by atoms with Crippen molar-refractivity contribution in [3.8, 4) is 0 Å². The van der Waals surface area contributed by atoms with E-state index in [1.165, 1.54) is 0 Å². The molecule has 516 valence electrons.